The van der Waals surface area contributed by atoms with Crippen LogP contribution in [0.5, 0.6) is 5.75 Å². The molecule has 6 heteroatoms. The SMILES string of the molecule is O=C(CSc1ncccn1)Nc1ccc(OCc2ccccc2)cc1. The zero-order valence-corrected chi connectivity index (χ0v) is 14.3. The minimum atomic E-state index is -0.101. The highest BCUT2D eigenvalue weighted by Crippen LogP contribution is 2.18. The summed E-state index contributed by atoms with van der Waals surface area (Å²) in [6.45, 7) is 0.514. The topological polar surface area (TPSA) is 64.1 Å². The van der Waals surface area contributed by atoms with Crippen molar-refractivity contribution in [2.45, 2.75) is 11.8 Å². The van der Waals surface area contributed by atoms with Crippen LogP contribution in [0.3, 0.4) is 0 Å². The number of aromatic nitrogens is 2. The van der Waals surface area contributed by atoms with E-state index in [1.807, 2.05) is 54.6 Å². The van der Waals surface area contributed by atoms with Crippen LogP contribution < -0.4 is 10.1 Å². The van der Waals surface area contributed by atoms with Gasteiger partial charge in [0.25, 0.3) is 0 Å². The monoisotopic (exact) mass is 351 g/mol. The molecule has 3 aromatic rings. The highest BCUT2D eigenvalue weighted by atomic mass is 32.2. The molecule has 0 unspecified atom stereocenters. The maximum Gasteiger partial charge on any atom is 0.234 e. The van der Waals surface area contributed by atoms with Crippen LogP contribution in [0.4, 0.5) is 5.69 Å². The molecular formula is C19H17N3O2S. The first-order valence-electron chi connectivity index (χ1n) is 7.76. The minimum Gasteiger partial charge on any atom is -0.489 e. The van der Waals surface area contributed by atoms with Crippen molar-refractivity contribution >= 4 is 23.4 Å². The number of nitrogens with zero attached hydrogens (tertiary/aromatic N) is 2. The second-order valence-electron chi connectivity index (χ2n) is 5.17. The third-order valence-corrected chi connectivity index (χ3v) is 4.14. The second-order valence-corrected chi connectivity index (χ2v) is 6.11. The molecule has 2 aromatic carbocycles. The fourth-order valence-electron chi connectivity index (χ4n) is 2.06. The quantitative estimate of drug-likeness (QED) is 0.518. The molecule has 1 amide bonds. The van der Waals surface area contributed by atoms with Crippen LogP contribution in [-0.2, 0) is 11.4 Å². The summed E-state index contributed by atoms with van der Waals surface area (Å²) in [6, 6.07) is 19.0. The van der Waals surface area contributed by atoms with E-state index >= 15 is 0 Å². The number of nitrogens with one attached hydrogen (secondary N) is 1. The van der Waals surface area contributed by atoms with E-state index in [1.165, 1.54) is 11.8 Å². The molecular weight excluding hydrogens is 334 g/mol. The van der Waals surface area contributed by atoms with E-state index in [9.17, 15) is 4.79 Å². The van der Waals surface area contributed by atoms with Crippen LogP contribution >= 0.6 is 11.8 Å². The van der Waals surface area contributed by atoms with Gasteiger partial charge >= 0.3 is 0 Å². The Morgan fingerprint density at radius 3 is 2.40 bits per heavy atom. The zero-order chi connectivity index (χ0) is 17.3. The lowest BCUT2D eigenvalue weighted by Gasteiger charge is -2.08. The molecule has 0 radical (unpaired) electrons. The van der Waals surface area contributed by atoms with E-state index < -0.39 is 0 Å². The summed E-state index contributed by atoms with van der Waals surface area (Å²) in [7, 11) is 0. The molecule has 1 heterocycles. The number of hydrogen-bond acceptors (Lipinski definition) is 5. The predicted molar refractivity (Wildman–Crippen MR) is 98.6 cm³/mol. The number of carbonyl (C=O) groups is 1. The zero-order valence-electron chi connectivity index (χ0n) is 13.5. The Kier molecular flexibility index (Phi) is 6.01. The molecule has 1 aromatic heterocycles. The Morgan fingerprint density at radius 1 is 0.960 bits per heavy atom. The van der Waals surface area contributed by atoms with Gasteiger partial charge < -0.3 is 10.1 Å². The van der Waals surface area contributed by atoms with Crippen molar-refractivity contribution in [1.29, 1.82) is 0 Å². The number of rotatable bonds is 7. The lowest BCUT2D eigenvalue weighted by molar-refractivity contribution is -0.113. The molecule has 5 nitrogen and oxygen atoms in total. The molecule has 0 fully saturated rings. The number of benzene rings is 2. The lowest BCUT2D eigenvalue weighted by atomic mass is 10.2. The molecule has 0 aliphatic carbocycles. The maximum absolute atomic E-state index is 12.0. The largest absolute Gasteiger partial charge is 0.489 e. The van der Waals surface area contributed by atoms with Gasteiger partial charge in [0.1, 0.15) is 12.4 Å². The van der Waals surface area contributed by atoms with Gasteiger partial charge in [0.05, 0.1) is 5.75 Å². The summed E-state index contributed by atoms with van der Waals surface area (Å²) in [5.74, 6) is 0.917. The van der Waals surface area contributed by atoms with E-state index in [2.05, 4.69) is 15.3 Å². The third-order valence-electron chi connectivity index (χ3n) is 3.26. The number of anilines is 1. The molecule has 1 N–H and O–H groups in total. The van der Waals surface area contributed by atoms with Gasteiger partial charge in [0.15, 0.2) is 5.16 Å². The van der Waals surface area contributed by atoms with Gasteiger partial charge in [-0.15, -0.1) is 0 Å². The lowest BCUT2D eigenvalue weighted by Crippen LogP contribution is -2.14. The molecule has 0 bridgehead atoms. The van der Waals surface area contributed by atoms with E-state index in [1.54, 1.807) is 18.5 Å². The van der Waals surface area contributed by atoms with E-state index in [0.29, 0.717) is 11.8 Å². The molecule has 3 rings (SSSR count). The molecule has 0 spiro atoms. The van der Waals surface area contributed by atoms with Gasteiger partial charge in [0, 0.05) is 18.1 Å². The Hall–Kier alpha value is -2.86. The van der Waals surface area contributed by atoms with Crippen LogP contribution in [0.25, 0.3) is 0 Å². The van der Waals surface area contributed by atoms with Crippen molar-refractivity contribution in [2.75, 3.05) is 11.1 Å². The second kappa shape index (κ2) is 8.84. The Labute approximate surface area is 150 Å². The first-order valence-corrected chi connectivity index (χ1v) is 8.74. The van der Waals surface area contributed by atoms with Crippen LogP contribution in [0.1, 0.15) is 5.56 Å². The van der Waals surface area contributed by atoms with Gasteiger partial charge in [-0.25, -0.2) is 9.97 Å². The average Bonchev–Trinajstić information content (AvgIpc) is 2.67. The molecule has 0 saturated heterocycles. The molecule has 0 atom stereocenters. The van der Waals surface area contributed by atoms with Gasteiger partial charge in [-0.1, -0.05) is 42.1 Å². The van der Waals surface area contributed by atoms with Crippen LogP contribution in [0.15, 0.2) is 78.2 Å². The van der Waals surface area contributed by atoms with E-state index in [4.69, 9.17) is 4.74 Å². The summed E-state index contributed by atoms with van der Waals surface area (Å²) < 4.78 is 5.72. The normalized spacial score (nSPS) is 10.2. The van der Waals surface area contributed by atoms with Crippen molar-refractivity contribution in [3.63, 3.8) is 0 Å². The molecule has 25 heavy (non-hydrogen) atoms. The number of ether oxygens (including phenoxy) is 1. The maximum atomic E-state index is 12.0. The summed E-state index contributed by atoms with van der Waals surface area (Å²) in [5, 5.41) is 3.43. The van der Waals surface area contributed by atoms with Crippen molar-refractivity contribution < 1.29 is 9.53 Å². The van der Waals surface area contributed by atoms with Gasteiger partial charge in [-0.05, 0) is 35.9 Å². The van der Waals surface area contributed by atoms with Gasteiger partial charge in [-0.2, -0.15) is 0 Å². The standard InChI is InChI=1S/C19H17N3O2S/c23-18(14-25-19-20-11-4-12-21-19)22-16-7-9-17(10-8-16)24-13-15-5-2-1-3-6-15/h1-12H,13-14H2,(H,22,23). The highest BCUT2D eigenvalue weighted by molar-refractivity contribution is 7.99. The van der Waals surface area contributed by atoms with Crippen molar-refractivity contribution in [3.05, 3.63) is 78.6 Å². The summed E-state index contributed by atoms with van der Waals surface area (Å²) in [4.78, 5) is 20.1. The number of thioether (sulfide) groups is 1. The fourth-order valence-corrected chi connectivity index (χ4v) is 2.67. The smallest absolute Gasteiger partial charge is 0.234 e. The number of carbonyl (C=O) groups excluding carboxylic acids is 1. The predicted octanol–water partition coefficient (Wildman–Crippen LogP) is 3.79. The Morgan fingerprint density at radius 2 is 1.68 bits per heavy atom. The number of hydrogen-bond donors (Lipinski definition) is 1. The van der Waals surface area contributed by atoms with Crippen LogP contribution in [0, 0.1) is 0 Å². The number of amides is 1. The first-order chi connectivity index (χ1) is 12.3. The van der Waals surface area contributed by atoms with Crippen LogP contribution in [0.2, 0.25) is 0 Å². The molecule has 0 aliphatic heterocycles. The first kappa shape index (κ1) is 17.0. The minimum absolute atomic E-state index is 0.101. The third kappa shape index (κ3) is 5.61. The highest BCUT2D eigenvalue weighted by Gasteiger charge is 2.05. The molecule has 126 valence electrons. The van der Waals surface area contributed by atoms with E-state index in [0.717, 1.165) is 17.0 Å². The Balaban J connectivity index is 1.46. The van der Waals surface area contributed by atoms with Gasteiger partial charge in [0.2, 0.25) is 5.91 Å². The summed E-state index contributed by atoms with van der Waals surface area (Å²) in [5.41, 5.74) is 1.84. The summed E-state index contributed by atoms with van der Waals surface area (Å²) in [6.07, 6.45) is 3.31. The Bertz CT molecular complexity index is 796. The van der Waals surface area contributed by atoms with Crippen molar-refractivity contribution in [2.24, 2.45) is 0 Å². The summed E-state index contributed by atoms with van der Waals surface area (Å²) >= 11 is 1.30. The van der Waals surface area contributed by atoms with Crippen molar-refractivity contribution in [1.82, 2.24) is 9.97 Å². The van der Waals surface area contributed by atoms with Crippen molar-refractivity contribution in [3.8, 4) is 5.75 Å². The van der Waals surface area contributed by atoms with Gasteiger partial charge in [-0.3, -0.25) is 4.79 Å². The molecule has 0 saturated carbocycles. The average molecular weight is 351 g/mol. The van der Waals surface area contributed by atoms with Crippen LogP contribution in [-0.4, -0.2) is 21.6 Å². The fraction of sp³-hybridized carbons (Fsp3) is 0.105. The molecule has 0 aliphatic rings. The van der Waals surface area contributed by atoms with E-state index in [-0.39, 0.29) is 11.7 Å².